The average Bonchev–Trinajstić information content (AvgIpc) is 2.95. The van der Waals surface area contributed by atoms with Crippen molar-refractivity contribution < 1.29 is 14.4 Å². The molecule has 0 fully saturated rings. The molecule has 0 saturated carbocycles. The number of oxazole rings is 1. The van der Waals surface area contributed by atoms with E-state index in [4.69, 9.17) is 4.42 Å². The molecule has 0 atom stereocenters. The maximum Gasteiger partial charge on any atom is 0.312 e. The highest BCUT2D eigenvalue weighted by Gasteiger charge is 2.12. The quantitative estimate of drug-likeness (QED) is 0.449. The van der Waals surface area contributed by atoms with Gasteiger partial charge in [-0.15, -0.1) is 0 Å². The summed E-state index contributed by atoms with van der Waals surface area (Å²) < 4.78 is 5.20. The van der Waals surface area contributed by atoms with E-state index in [-0.39, 0.29) is 23.2 Å². The Hall–Kier alpha value is -3.48. The lowest BCUT2D eigenvalue weighted by Gasteiger charge is -1.93. The molecule has 0 spiro atoms. The molecule has 0 unspecified atom stereocenters. The molecule has 1 heterocycles. The van der Waals surface area contributed by atoms with E-state index in [2.05, 4.69) is 9.98 Å². The molecule has 0 saturated heterocycles. The molecule has 0 aliphatic heterocycles. The predicted molar refractivity (Wildman–Crippen MR) is 84.0 cm³/mol. The number of aromatic nitrogens is 1. The Balaban J connectivity index is 1.82. The second kappa shape index (κ2) is 6.10. The zero-order valence-electron chi connectivity index (χ0n) is 11.8. The van der Waals surface area contributed by atoms with Gasteiger partial charge in [0.25, 0.3) is 5.69 Å². The smallest absolute Gasteiger partial charge is 0.312 e. The number of nitrogens with zero attached hydrogens (tertiary/aromatic N) is 3. The van der Waals surface area contributed by atoms with Crippen molar-refractivity contribution in [3.63, 3.8) is 0 Å². The molecule has 2 aromatic carbocycles. The fraction of sp³-hybridized carbons (Fsp3) is 0. The molecule has 1 aromatic heterocycles. The Kier molecular flexibility index (Phi) is 3.84. The summed E-state index contributed by atoms with van der Waals surface area (Å²) >= 11 is 0. The summed E-state index contributed by atoms with van der Waals surface area (Å²) in [5, 5.41) is 20.4. The van der Waals surface area contributed by atoms with Gasteiger partial charge >= 0.3 is 5.95 Å². The summed E-state index contributed by atoms with van der Waals surface area (Å²) in [7, 11) is 0. The molecule has 0 bridgehead atoms. The summed E-state index contributed by atoms with van der Waals surface area (Å²) in [6.07, 6.45) is 1.34. The van der Waals surface area contributed by atoms with Crippen LogP contribution in [-0.2, 0) is 0 Å². The second-order valence-electron chi connectivity index (χ2n) is 4.61. The molecule has 0 radical (unpaired) electrons. The van der Waals surface area contributed by atoms with E-state index >= 15 is 0 Å². The van der Waals surface area contributed by atoms with Gasteiger partial charge in [-0.3, -0.25) is 15.1 Å². The van der Waals surface area contributed by atoms with E-state index in [0.29, 0.717) is 5.69 Å². The van der Waals surface area contributed by atoms with Crippen LogP contribution < -0.4 is 0 Å². The topological polar surface area (TPSA) is 102 Å². The van der Waals surface area contributed by atoms with Gasteiger partial charge < -0.3 is 9.52 Å². The van der Waals surface area contributed by atoms with Gasteiger partial charge in [0, 0.05) is 17.7 Å². The first-order chi connectivity index (χ1) is 11.1. The fourth-order valence-electron chi connectivity index (χ4n) is 1.91. The number of hydrogen-bond donors (Lipinski definition) is 1. The molecular weight excluding hydrogens is 298 g/mol. The number of benzene rings is 2. The lowest BCUT2D eigenvalue weighted by molar-refractivity contribution is -0.384. The van der Waals surface area contributed by atoms with E-state index in [9.17, 15) is 15.2 Å². The Morgan fingerprint density at radius 2 is 1.83 bits per heavy atom. The van der Waals surface area contributed by atoms with Gasteiger partial charge in [0.2, 0.25) is 5.89 Å². The average molecular weight is 309 g/mol. The summed E-state index contributed by atoms with van der Waals surface area (Å²) in [5.41, 5.74) is 1.40. The largest absolute Gasteiger partial charge is 0.479 e. The van der Waals surface area contributed by atoms with Crippen LogP contribution in [-0.4, -0.2) is 21.2 Å². The summed E-state index contributed by atoms with van der Waals surface area (Å²) in [6, 6.07) is 14.9. The van der Waals surface area contributed by atoms with Crippen LogP contribution in [0.4, 0.5) is 11.4 Å². The molecule has 0 aliphatic rings. The highest BCUT2D eigenvalue weighted by atomic mass is 16.6. The monoisotopic (exact) mass is 309 g/mol. The first kappa shape index (κ1) is 14.5. The van der Waals surface area contributed by atoms with Crippen LogP contribution >= 0.6 is 0 Å². The number of rotatable bonds is 4. The van der Waals surface area contributed by atoms with Gasteiger partial charge in [0.1, 0.15) is 0 Å². The number of nitro benzene ring substituents is 1. The van der Waals surface area contributed by atoms with Gasteiger partial charge in [-0.1, -0.05) is 18.2 Å². The van der Waals surface area contributed by atoms with Gasteiger partial charge in [-0.2, -0.15) is 0 Å². The van der Waals surface area contributed by atoms with Crippen molar-refractivity contribution in [2.24, 2.45) is 4.99 Å². The minimum atomic E-state index is -0.483. The Labute approximate surface area is 130 Å². The van der Waals surface area contributed by atoms with Crippen molar-refractivity contribution >= 4 is 17.6 Å². The van der Waals surface area contributed by atoms with Crippen LogP contribution in [0.1, 0.15) is 5.69 Å². The maximum absolute atomic E-state index is 10.6. The second-order valence-corrected chi connectivity index (χ2v) is 4.61. The molecule has 114 valence electrons. The summed E-state index contributed by atoms with van der Waals surface area (Å²) in [5.74, 6) is -0.0530. The number of nitro groups is 1. The predicted octanol–water partition coefficient (Wildman–Crippen LogP) is 3.71. The van der Waals surface area contributed by atoms with Crippen LogP contribution in [0.3, 0.4) is 0 Å². The van der Waals surface area contributed by atoms with E-state index in [1.54, 1.807) is 0 Å². The van der Waals surface area contributed by atoms with Crippen LogP contribution in [0.5, 0.6) is 5.95 Å². The molecular formula is C16H11N3O4. The van der Waals surface area contributed by atoms with Crippen LogP contribution in [0.2, 0.25) is 0 Å². The maximum atomic E-state index is 10.6. The van der Waals surface area contributed by atoms with Crippen molar-refractivity contribution in [3.8, 4) is 17.4 Å². The molecule has 3 aromatic rings. The lowest BCUT2D eigenvalue weighted by Crippen LogP contribution is -1.86. The normalized spacial score (nSPS) is 11.0. The van der Waals surface area contributed by atoms with Crippen LogP contribution in [0.25, 0.3) is 11.5 Å². The third-order valence-corrected chi connectivity index (χ3v) is 3.05. The third kappa shape index (κ3) is 3.24. The van der Waals surface area contributed by atoms with Crippen LogP contribution in [0, 0.1) is 10.1 Å². The highest BCUT2D eigenvalue weighted by Crippen LogP contribution is 2.26. The standard InChI is InChI=1S/C16H11N3O4/c20-16-14(18-15(23-16)11-4-2-1-3-5-11)10-17-12-6-8-13(9-7-12)19(21)22/h1-10,20H. The number of aliphatic imine (C=N–C) groups is 1. The van der Waals surface area contributed by atoms with Gasteiger partial charge in [-0.05, 0) is 24.3 Å². The Morgan fingerprint density at radius 3 is 2.48 bits per heavy atom. The first-order valence-electron chi connectivity index (χ1n) is 6.67. The van der Waals surface area contributed by atoms with Crippen LogP contribution in [0.15, 0.2) is 64.0 Å². The summed E-state index contributed by atoms with van der Waals surface area (Å²) in [4.78, 5) is 18.4. The van der Waals surface area contributed by atoms with Crippen molar-refractivity contribution in [1.29, 1.82) is 0 Å². The summed E-state index contributed by atoms with van der Waals surface area (Å²) in [6.45, 7) is 0. The van der Waals surface area contributed by atoms with E-state index in [1.165, 1.54) is 30.5 Å². The van der Waals surface area contributed by atoms with Crippen molar-refractivity contribution in [1.82, 2.24) is 4.98 Å². The minimum Gasteiger partial charge on any atom is -0.479 e. The van der Waals surface area contributed by atoms with Crippen molar-refractivity contribution in [2.45, 2.75) is 0 Å². The molecule has 0 amide bonds. The molecule has 7 nitrogen and oxygen atoms in total. The van der Waals surface area contributed by atoms with Gasteiger partial charge in [-0.25, -0.2) is 4.98 Å². The SMILES string of the molecule is O=[N+]([O-])c1ccc(N=Cc2nc(-c3ccccc3)oc2O)cc1. The third-order valence-electron chi connectivity index (χ3n) is 3.05. The van der Waals surface area contributed by atoms with Gasteiger partial charge in [0.05, 0.1) is 16.8 Å². The van der Waals surface area contributed by atoms with E-state index in [0.717, 1.165) is 5.56 Å². The number of non-ortho nitro benzene ring substituents is 1. The molecule has 0 aliphatic carbocycles. The molecule has 7 heteroatoms. The zero-order valence-corrected chi connectivity index (χ0v) is 11.8. The minimum absolute atomic E-state index is 0.0143. The molecule has 23 heavy (non-hydrogen) atoms. The van der Waals surface area contributed by atoms with E-state index in [1.807, 2.05) is 30.3 Å². The number of aromatic hydroxyl groups is 1. The zero-order chi connectivity index (χ0) is 16.2. The van der Waals surface area contributed by atoms with Crippen molar-refractivity contribution in [3.05, 3.63) is 70.4 Å². The lowest BCUT2D eigenvalue weighted by atomic mass is 10.2. The van der Waals surface area contributed by atoms with Crippen molar-refractivity contribution in [2.75, 3.05) is 0 Å². The Bertz CT molecular complexity index is 855. The first-order valence-corrected chi connectivity index (χ1v) is 6.67. The highest BCUT2D eigenvalue weighted by molar-refractivity contribution is 5.82. The molecule has 3 rings (SSSR count). The fourth-order valence-corrected chi connectivity index (χ4v) is 1.91. The number of hydrogen-bond acceptors (Lipinski definition) is 6. The van der Waals surface area contributed by atoms with Gasteiger partial charge in [0.15, 0.2) is 5.69 Å². The molecule has 1 N–H and O–H groups in total. The van der Waals surface area contributed by atoms with E-state index < -0.39 is 4.92 Å². The Morgan fingerprint density at radius 1 is 1.13 bits per heavy atom.